The summed E-state index contributed by atoms with van der Waals surface area (Å²) in [6.07, 6.45) is 5.40. The highest BCUT2D eigenvalue weighted by Crippen LogP contribution is 2.16. The maximum atomic E-state index is 11.2. The molecule has 0 aliphatic carbocycles. The Kier molecular flexibility index (Phi) is 6.07. The van der Waals surface area contributed by atoms with E-state index in [9.17, 15) is 4.79 Å². The molecule has 0 saturated heterocycles. The summed E-state index contributed by atoms with van der Waals surface area (Å²) in [4.78, 5) is 15.4. The minimum absolute atomic E-state index is 0.234. The first kappa shape index (κ1) is 14.1. The van der Waals surface area contributed by atoms with E-state index in [1.165, 1.54) is 0 Å². The van der Waals surface area contributed by atoms with Crippen molar-refractivity contribution in [2.45, 2.75) is 31.0 Å². The minimum Gasteiger partial charge on any atom is -0.368 e. The van der Waals surface area contributed by atoms with Crippen molar-refractivity contribution in [3.8, 4) is 0 Å². The van der Waals surface area contributed by atoms with Crippen molar-refractivity contribution in [3.05, 3.63) is 12.4 Å². The Morgan fingerprint density at radius 3 is 3.00 bits per heavy atom. The zero-order valence-corrected chi connectivity index (χ0v) is 11.2. The molecule has 0 saturated carbocycles. The van der Waals surface area contributed by atoms with Crippen LogP contribution in [0.5, 0.6) is 0 Å². The topological polar surface area (TPSA) is 72.9 Å². The Balaban J connectivity index is 2.32. The maximum Gasteiger partial charge on any atom is 0.234 e. The van der Waals surface area contributed by atoms with Crippen molar-refractivity contribution < 1.29 is 4.79 Å². The van der Waals surface area contributed by atoms with Gasteiger partial charge in [0.15, 0.2) is 5.16 Å². The third kappa shape index (κ3) is 4.79. The van der Waals surface area contributed by atoms with E-state index < -0.39 is 0 Å². The first-order valence-electron chi connectivity index (χ1n) is 5.78. The molecule has 1 heterocycles. The second kappa shape index (κ2) is 7.34. The van der Waals surface area contributed by atoms with Crippen LogP contribution in [0.4, 0.5) is 0 Å². The second-order valence-corrected chi connectivity index (χ2v) is 4.93. The fourth-order valence-corrected chi connectivity index (χ4v) is 2.36. The Bertz CT molecular complexity index is 353. The molecule has 1 amide bonds. The first-order chi connectivity index (χ1) is 8.15. The summed E-state index contributed by atoms with van der Waals surface area (Å²) in [7, 11) is 1.95. The van der Waals surface area contributed by atoms with Crippen LogP contribution in [0.25, 0.3) is 0 Å². The molecular formula is C11H20N4OS. The second-order valence-electron chi connectivity index (χ2n) is 3.87. The van der Waals surface area contributed by atoms with Crippen LogP contribution in [-0.4, -0.2) is 33.8 Å². The number of nitrogens with two attached hydrogens (primary N) is 1. The summed E-state index contributed by atoms with van der Waals surface area (Å²) >= 11 is 1.64. The molecule has 1 aromatic heterocycles. The van der Waals surface area contributed by atoms with E-state index in [4.69, 9.17) is 5.73 Å². The van der Waals surface area contributed by atoms with Crippen LogP contribution in [0, 0.1) is 0 Å². The number of thioether (sulfide) groups is 1. The van der Waals surface area contributed by atoms with E-state index in [0.29, 0.717) is 0 Å². The molecule has 0 spiro atoms. The SMILES string of the molecule is CCCNC(CCSc1nccn1C)C(N)=O. The van der Waals surface area contributed by atoms with Gasteiger partial charge < -0.3 is 15.6 Å². The molecule has 0 bridgehead atoms. The Labute approximate surface area is 106 Å². The number of carbonyl (C=O) groups excluding carboxylic acids is 1. The monoisotopic (exact) mass is 256 g/mol. The van der Waals surface area contributed by atoms with Crippen LogP contribution < -0.4 is 11.1 Å². The fraction of sp³-hybridized carbons (Fsp3) is 0.636. The van der Waals surface area contributed by atoms with Crippen LogP contribution >= 0.6 is 11.8 Å². The van der Waals surface area contributed by atoms with E-state index >= 15 is 0 Å². The van der Waals surface area contributed by atoms with E-state index in [1.807, 2.05) is 17.8 Å². The minimum atomic E-state index is -0.279. The van der Waals surface area contributed by atoms with E-state index in [-0.39, 0.29) is 11.9 Å². The van der Waals surface area contributed by atoms with Crippen LogP contribution in [0.3, 0.4) is 0 Å². The molecular weight excluding hydrogens is 236 g/mol. The van der Waals surface area contributed by atoms with Crippen molar-refractivity contribution in [2.24, 2.45) is 12.8 Å². The number of hydrogen-bond acceptors (Lipinski definition) is 4. The van der Waals surface area contributed by atoms with Gasteiger partial charge in [-0.3, -0.25) is 4.79 Å². The smallest absolute Gasteiger partial charge is 0.234 e. The average Bonchev–Trinajstić information content (AvgIpc) is 2.69. The van der Waals surface area contributed by atoms with Gasteiger partial charge in [-0.1, -0.05) is 18.7 Å². The molecule has 6 heteroatoms. The molecule has 0 radical (unpaired) electrons. The number of imidazole rings is 1. The number of nitrogens with one attached hydrogen (secondary N) is 1. The Hall–Kier alpha value is -1.01. The lowest BCUT2D eigenvalue weighted by Gasteiger charge is -2.14. The van der Waals surface area contributed by atoms with Crippen LogP contribution in [0.15, 0.2) is 17.6 Å². The molecule has 1 aromatic rings. The van der Waals surface area contributed by atoms with E-state index in [0.717, 1.165) is 30.3 Å². The summed E-state index contributed by atoms with van der Waals surface area (Å²) < 4.78 is 1.96. The molecule has 0 fully saturated rings. The van der Waals surface area contributed by atoms with Crippen molar-refractivity contribution in [3.63, 3.8) is 0 Å². The van der Waals surface area contributed by atoms with Gasteiger partial charge in [0, 0.05) is 25.2 Å². The summed E-state index contributed by atoms with van der Waals surface area (Å²) in [6, 6.07) is -0.234. The van der Waals surface area contributed by atoms with Gasteiger partial charge in [-0.05, 0) is 19.4 Å². The van der Waals surface area contributed by atoms with Crippen molar-refractivity contribution in [1.29, 1.82) is 0 Å². The Morgan fingerprint density at radius 2 is 2.47 bits per heavy atom. The Morgan fingerprint density at radius 1 is 1.71 bits per heavy atom. The molecule has 0 aliphatic heterocycles. The standard InChI is InChI=1S/C11H20N4OS/c1-3-5-13-9(10(12)16)4-8-17-11-14-6-7-15(11)2/h6-7,9,13H,3-5,8H2,1-2H3,(H2,12,16). The van der Waals surface area contributed by atoms with Gasteiger partial charge in [-0.15, -0.1) is 0 Å². The third-order valence-corrected chi connectivity index (χ3v) is 3.49. The number of carbonyl (C=O) groups is 1. The third-order valence-electron chi connectivity index (χ3n) is 2.40. The zero-order valence-electron chi connectivity index (χ0n) is 10.3. The number of primary amides is 1. The normalized spacial score (nSPS) is 12.6. The van der Waals surface area contributed by atoms with Gasteiger partial charge in [0.1, 0.15) is 0 Å². The van der Waals surface area contributed by atoms with E-state index in [1.54, 1.807) is 18.0 Å². The summed E-state index contributed by atoms with van der Waals surface area (Å²) in [5.74, 6) is 0.550. The maximum absolute atomic E-state index is 11.2. The molecule has 17 heavy (non-hydrogen) atoms. The van der Waals surface area contributed by atoms with Crippen molar-refractivity contribution in [1.82, 2.24) is 14.9 Å². The number of amides is 1. The molecule has 1 atom stereocenters. The lowest BCUT2D eigenvalue weighted by atomic mass is 10.2. The summed E-state index contributed by atoms with van der Waals surface area (Å²) in [5.41, 5.74) is 5.34. The average molecular weight is 256 g/mol. The molecule has 1 unspecified atom stereocenters. The lowest BCUT2D eigenvalue weighted by Crippen LogP contribution is -2.41. The van der Waals surface area contributed by atoms with Crippen molar-refractivity contribution in [2.75, 3.05) is 12.3 Å². The van der Waals surface area contributed by atoms with Gasteiger partial charge in [-0.25, -0.2) is 4.98 Å². The molecule has 0 aliphatic rings. The molecule has 0 aromatic carbocycles. The lowest BCUT2D eigenvalue weighted by molar-refractivity contribution is -0.120. The van der Waals surface area contributed by atoms with E-state index in [2.05, 4.69) is 17.2 Å². The highest BCUT2D eigenvalue weighted by Gasteiger charge is 2.14. The fourth-order valence-electron chi connectivity index (χ4n) is 1.42. The predicted octanol–water partition coefficient (Wildman–Crippen LogP) is 0.756. The van der Waals surface area contributed by atoms with Gasteiger partial charge in [-0.2, -0.15) is 0 Å². The number of nitrogens with zero attached hydrogens (tertiary/aromatic N) is 2. The number of hydrogen-bond donors (Lipinski definition) is 2. The quantitative estimate of drug-likeness (QED) is 0.673. The van der Waals surface area contributed by atoms with Crippen molar-refractivity contribution >= 4 is 17.7 Å². The first-order valence-corrected chi connectivity index (χ1v) is 6.76. The summed E-state index contributed by atoms with van der Waals surface area (Å²) in [5, 5.41) is 4.11. The largest absolute Gasteiger partial charge is 0.368 e. The van der Waals surface area contributed by atoms with Crippen LogP contribution in [-0.2, 0) is 11.8 Å². The molecule has 5 nitrogen and oxygen atoms in total. The summed E-state index contributed by atoms with van der Waals surface area (Å²) in [6.45, 7) is 2.88. The highest BCUT2D eigenvalue weighted by molar-refractivity contribution is 7.99. The van der Waals surface area contributed by atoms with Crippen LogP contribution in [0.1, 0.15) is 19.8 Å². The van der Waals surface area contributed by atoms with Crippen LogP contribution in [0.2, 0.25) is 0 Å². The predicted molar refractivity (Wildman–Crippen MR) is 69.8 cm³/mol. The molecule has 3 N–H and O–H groups in total. The number of aromatic nitrogens is 2. The molecule has 1 rings (SSSR count). The molecule has 96 valence electrons. The zero-order chi connectivity index (χ0) is 12.7. The van der Waals surface area contributed by atoms with Gasteiger partial charge in [0.2, 0.25) is 5.91 Å². The van der Waals surface area contributed by atoms with Gasteiger partial charge >= 0.3 is 0 Å². The number of rotatable bonds is 8. The number of aryl methyl sites for hydroxylation is 1. The van der Waals surface area contributed by atoms with Gasteiger partial charge in [0.25, 0.3) is 0 Å². The highest BCUT2D eigenvalue weighted by atomic mass is 32.2. The van der Waals surface area contributed by atoms with Gasteiger partial charge in [0.05, 0.1) is 6.04 Å².